The van der Waals surface area contributed by atoms with Crippen LogP contribution in [0.15, 0.2) is 22.7 Å². The van der Waals surface area contributed by atoms with Crippen LogP contribution in [0.5, 0.6) is 5.75 Å². The van der Waals surface area contributed by atoms with Gasteiger partial charge in [0, 0.05) is 23.0 Å². The van der Waals surface area contributed by atoms with E-state index in [2.05, 4.69) is 21.2 Å². The number of hydrogen-bond donors (Lipinski definition) is 2. The molecule has 1 aromatic carbocycles. The highest BCUT2D eigenvalue weighted by atomic mass is 79.9. The zero-order chi connectivity index (χ0) is 15.2. The minimum Gasteiger partial charge on any atom is -0.491 e. The van der Waals surface area contributed by atoms with E-state index in [-0.39, 0.29) is 12.5 Å². The summed E-state index contributed by atoms with van der Waals surface area (Å²) in [5, 5.41) is 11.3. The number of fused-ring (bicyclic) bond motifs is 1. The summed E-state index contributed by atoms with van der Waals surface area (Å²) >= 11 is 3.41. The molecule has 0 aromatic heterocycles. The number of carbonyl (C=O) groups excluding carboxylic acids is 1. The number of aliphatic carboxylic acids is 1. The van der Waals surface area contributed by atoms with Crippen molar-refractivity contribution < 1.29 is 19.4 Å². The van der Waals surface area contributed by atoms with E-state index in [4.69, 9.17) is 9.84 Å². The summed E-state index contributed by atoms with van der Waals surface area (Å²) in [7, 11) is 0. The van der Waals surface area contributed by atoms with Crippen molar-refractivity contribution in [1.82, 2.24) is 10.2 Å². The second-order valence-electron chi connectivity index (χ2n) is 4.75. The Balaban J connectivity index is 1.91. The SMILES string of the molecule is O=C(O)CCCNC(=O)N1CCOc2ccc(Br)cc2C1. The molecule has 1 aliphatic rings. The molecule has 0 saturated carbocycles. The van der Waals surface area contributed by atoms with Crippen LogP contribution in [0.2, 0.25) is 0 Å². The largest absolute Gasteiger partial charge is 0.491 e. The van der Waals surface area contributed by atoms with Crippen molar-refractivity contribution >= 4 is 27.9 Å². The molecule has 1 aromatic rings. The van der Waals surface area contributed by atoms with Gasteiger partial charge in [-0.05, 0) is 24.6 Å². The third kappa shape index (κ3) is 4.63. The summed E-state index contributed by atoms with van der Waals surface area (Å²) in [5.41, 5.74) is 0.947. The molecule has 0 unspecified atom stereocenters. The second-order valence-corrected chi connectivity index (χ2v) is 5.67. The third-order valence-corrected chi connectivity index (χ3v) is 3.63. The van der Waals surface area contributed by atoms with E-state index in [1.165, 1.54) is 0 Å². The van der Waals surface area contributed by atoms with Crippen LogP contribution in [0.25, 0.3) is 0 Å². The molecule has 2 rings (SSSR count). The second kappa shape index (κ2) is 7.31. The van der Waals surface area contributed by atoms with Gasteiger partial charge in [0.25, 0.3) is 0 Å². The van der Waals surface area contributed by atoms with Crippen LogP contribution < -0.4 is 10.1 Å². The van der Waals surface area contributed by atoms with Gasteiger partial charge in [-0.25, -0.2) is 4.79 Å². The fourth-order valence-corrected chi connectivity index (χ4v) is 2.49. The Morgan fingerprint density at radius 1 is 1.43 bits per heavy atom. The maximum Gasteiger partial charge on any atom is 0.317 e. The number of carboxylic acid groups (broad SMARTS) is 1. The molecule has 0 fully saturated rings. The zero-order valence-electron chi connectivity index (χ0n) is 11.5. The van der Waals surface area contributed by atoms with Gasteiger partial charge in [-0.3, -0.25) is 4.79 Å². The van der Waals surface area contributed by atoms with Crippen LogP contribution in [-0.2, 0) is 11.3 Å². The highest BCUT2D eigenvalue weighted by Crippen LogP contribution is 2.26. The first kappa shape index (κ1) is 15.6. The molecule has 6 nitrogen and oxygen atoms in total. The van der Waals surface area contributed by atoms with Crippen LogP contribution in [0, 0.1) is 0 Å². The Bertz CT molecular complexity index is 536. The predicted octanol–water partition coefficient (Wildman–Crippen LogP) is 2.22. The highest BCUT2D eigenvalue weighted by molar-refractivity contribution is 9.10. The quantitative estimate of drug-likeness (QED) is 0.810. The molecule has 2 amide bonds. The van der Waals surface area contributed by atoms with Gasteiger partial charge >= 0.3 is 12.0 Å². The number of nitrogens with one attached hydrogen (secondary N) is 1. The number of rotatable bonds is 4. The maximum atomic E-state index is 12.1. The van der Waals surface area contributed by atoms with E-state index in [9.17, 15) is 9.59 Å². The molecule has 1 aliphatic heterocycles. The van der Waals surface area contributed by atoms with E-state index in [1.807, 2.05) is 18.2 Å². The van der Waals surface area contributed by atoms with E-state index in [0.717, 1.165) is 15.8 Å². The van der Waals surface area contributed by atoms with Gasteiger partial charge in [0.15, 0.2) is 0 Å². The smallest absolute Gasteiger partial charge is 0.317 e. The lowest BCUT2D eigenvalue weighted by molar-refractivity contribution is -0.137. The van der Waals surface area contributed by atoms with Gasteiger partial charge in [-0.2, -0.15) is 0 Å². The number of urea groups is 1. The molecule has 21 heavy (non-hydrogen) atoms. The lowest BCUT2D eigenvalue weighted by atomic mass is 10.2. The van der Waals surface area contributed by atoms with Crippen LogP contribution in [-0.4, -0.2) is 41.7 Å². The number of nitrogens with zero attached hydrogens (tertiary/aromatic N) is 1. The molecular formula is C14H17BrN2O4. The average Bonchev–Trinajstić information content (AvgIpc) is 2.64. The van der Waals surface area contributed by atoms with E-state index >= 15 is 0 Å². The number of hydrogen-bond acceptors (Lipinski definition) is 3. The summed E-state index contributed by atoms with van der Waals surface area (Å²) in [5.74, 6) is -0.0643. The van der Waals surface area contributed by atoms with E-state index < -0.39 is 5.97 Å². The average molecular weight is 357 g/mol. The first-order chi connectivity index (χ1) is 10.1. The van der Waals surface area contributed by atoms with E-state index in [1.54, 1.807) is 4.90 Å². The summed E-state index contributed by atoms with van der Waals surface area (Å²) < 4.78 is 6.56. The number of carbonyl (C=O) groups is 2. The lowest BCUT2D eigenvalue weighted by Gasteiger charge is -2.20. The molecule has 0 saturated heterocycles. The van der Waals surface area contributed by atoms with Crippen molar-refractivity contribution in [3.63, 3.8) is 0 Å². The van der Waals surface area contributed by atoms with Gasteiger partial charge < -0.3 is 20.1 Å². The zero-order valence-corrected chi connectivity index (χ0v) is 13.1. The van der Waals surface area contributed by atoms with Gasteiger partial charge in [0.05, 0.1) is 13.1 Å². The fourth-order valence-electron chi connectivity index (χ4n) is 2.08. The number of amides is 2. The van der Waals surface area contributed by atoms with Crippen LogP contribution >= 0.6 is 15.9 Å². The maximum absolute atomic E-state index is 12.1. The number of halogens is 1. The highest BCUT2D eigenvalue weighted by Gasteiger charge is 2.19. The van der Waals surface area contributed by atoms with Crippen molar-refractivity contribution in [3.05, 3.63) is 28.2 Å². The summed E-state index contributed by atoms with van der Waals surface area (Å²) in [6.07, 6.45) is 0.479. The van der Waals surface area contributed by atoms with Crippen molar-refractivity contribution in [2.45, 2.75) is 19.4 Å². The minimum absolute atomic E-state index is 0.0547. The van der Waals surface area contributed by atoms with Crippen LogP contribution in [0.1, 0.15) is 18.4 Å². The lowest BCUT2D eigenvalue weighted by Crippen LogP contribution is -2.41. The first-order valence-corrected chi connectivity index (χ1v) is 7.51. The number of carboxylic acids is 1. The number of benzene rings is 1. The Labute approximate surface area is 131 Å². The van der Waals surface area contributed by atoms with Gasteiger partial charge in [-0.1, -0.05) is 15.9 Å². The standard InChI is InChI=1S/C14H17BrN2O4/c15-11-3-4-12-10(8-11)9-17(6-7-21-12)14(20)16-5-1-2-13(18)19/h3-4,8H,1-2,5-7,9H2,(H,16,20)(H,18,19). The van der Waals surface area contributed by atoms with Crippen molar-refractivity contribution in [1.29, 1.82) is 0 Å². The molecular weight excluding hydrogens is 340 g/mol. The van der Waals surface area contributed by atoms with Gasteiger partial charge in [0.1, 0.15) is 12.4 Å². The van der Waals surface area contributed by atoms with Crippen molar-refractivity contribution in [3.8, 4) is 5.75 Å². The van der Waals surface area contributed by atoms with Crippen LogP contribution in [0.3, 0.4) is 0 Å². The molecule has 7 heteroatoms. The Morgan fingerprint density at radius 2 is 2.24 bits per heavy atom. The Hall–Kier alpha value is -1.76. The fraction of sp³-hybridized carbons (Fsp3) is 0.429. The predicted molar refractivity (Wildman–Crippen MR) is 80.3 cm³/mol. The molecule has 1 heterocycles. The summed E-state index contributed by atoms with van der Waals surface area (Å²) in [4.78, 5) is 24.2. The molecule has 0 spiro atoms. The molecule has 0 aliphatic carbocycles. The monoisotopic (exact) mass is 356 g/mol. The van der Waals surface area contributed by atoms with Crippen LogP contribution in [0.4, 0.5) is 4.79 Å². The third-order valence-electron chi connectivity index (χ3n) is 3.13. The van der Waals surface area contributed by atoms with Gasteiger partial charge in [-0.15, -0.1) is 0 Å². The summed E-state index contributed by atoms with van der Waals surface area (Å²) in [6.45, 7) is 1.77. The number of ether oxygens (including phenoxy) is 1. The molecule has 2 N–H and O–H groups in total. The molecule has 114 valence electrons. The summed E-state index contributed by atoms with van der Waals surface area (Å²) in [6, 6.07) is 5.52. The molecule has 0 bridgehead atoms. The van der Waals surface area contributed by atoms with E-state index in [0.29, 0.717) is 32.7 Å². The topological polar surface area (TPSA) is 78.9 Å². The molecule has 0 atom stereocenters. The van der Waals surface area contributed by atoms with Crippen molar-refractivity contribution in [2.75, 3.05) is 19.7 Å². The first-order valence-electron chi connectivity index (χ1n) is 6.72. The normalized spacial score (nSPS) is 13.9. The Kier molecular flexibility index (Phi) is 5.44. The van der Waals surface area contributed by atoms with Gasteiger partial charge in [0.2, 0.25) is 0 Å². The minimum atomic E-state index is -0.855. The van der Waals surface area contributed by atoms with Crippen molar-refractivity contribution in [2.24, 2.45) is 0 Å². The Morgan fingerprint density at radius 3 is 3.00 bits per heavy atom. The molecule has 0 radical (unpaired) electrons.